The van der Waals surface area contributed by atoms with Crippen molar-refractivity contribution in [1.29, 1.82) is 0 Å². The van der Waals surface area contributed by atoms with Gasteiger partial charge in [0.1, 0.15) is 5.82 Å². The van der Waals surface area contributed by atoms with Crippen molar-refractivity contribution in [2.24, 2.45) is 0 Å². The molecule has 1 aromatic heterocycles. The molecule has 0 fully saturated rings. The summed E-state index contributed by atoms with van der Waals surface area (Å²) in [6.07, 6.45) is 5.76. The highest BCUT2D eigenvalue weighted by Crippen LogP contribution is 2.40. The number of hydrogen-bond acceptors (Lipinski definition) is 5. The molecule has 25 heavy (non-hydrogen) atoms. The number of benzene rings is 2. The van der Waals surface area contributed by atoms with Crippen LogP contribution in [0.4, 0.5) is 0 Å². The Morgan fingerprint density at radius 3 is 2.08 bits per heavy atom. The van der Waals surface area contributed by atoms with E-state index in [0.29, 0.717) is 17.2 Å². The quantitative estimate of drug-likeness (QED) is 0.617. The van der Waals surface area contributed by atoms with E-state index in [1.54, 1.807) is 39.3 Å². The van der Waals surface area contributed by atoms with Crippen LogP contribution < -0.4 is 14.2 Å². The summed E-state index contributed by atoms with van der Waals surface area (Å²) >= 11 is 1.72. The molecule has 5 nitrogen and oxygen atoms in total. The maximum Gasteiger partial charge on any atom is 0.203 e. The highest BCUT2D eigenvalue weighted by Gasteiger charge is 2.16. The number of rotatable bonds is 6. The van der Waals surface area contributed by atoms with Crippen molar-refractivity contribution in [1.82, 2.24) is 9.55 Å². The second-order valence-electron chi connectivity index (χ2n) is 5.23. The third-order valence-electron chi connectivity index (χ3n) is 3.92. The summed E-state index contributed by atoms with van der Waals surface area (Å²) in [5, 5.41) is 0. The SMILES string of the molecule is COc1cc(-n2ccnc2-c2ccc(SC)cc2)cc(OC)c1OC. The smallest absolute Gasteiger partial charge is 0.203 e. The van der Waals surface area contributed by atoms with Gasteiger partial charge in [-0.1, -0.05) is 12.1 Å². The van der Waals surface area contributed by atoms with Gasteiger partial charge in [0.05, 0.1) is 27.0 Å². The van der Waals surface area contributed by atoms with Gasteiger partial charge in [0.15, 0.2) is 11.5 Å². The van der Waals surface area contributed by atoms with Crippen molar-refractivity contribution < 1.29 is 14.2 Å². The molecular weight excluding hydrogens is 336 g/mol. The van der Waals surface area contributed by atoms with Gasteiger partial charge in [-0.3, -0.25) is 4.57 Å². The van der Waals surface area contributed by atoms with E-state index in [1.165, 1.54) is 4.90 Å². The summed E-state index contributed by atoms with van der Waals surface area (Å²) in [5.41, 5.74) is 1.92. The lowest BCUT2D eigenvalue weighted by Crippen LogP contribution is -2.00. The normalized spacial score (nSPS) is 10.6. The van der Waals surface area contributed by atoms with Gasteiger partial charge in [0, 0.05) is 35.0 Å². The molecule has 0 saturated carbocycles. The molecule has 130 valence electrons. The van der Waals surface area contributed by atoms with E-state index in [0.717, 1.165) is 17.1 Å². The first-order chi connectivity index (χ1) is 12.2. The van der Waals surface area contributed by atoms with Crippen molar-refractivity contribution in [3.63, 3.8) is 0 Å². The van der Waals surface area contributed by atoms with Crippen LogP contribution in [0.3, 0.4) is 0 Å². The monoisotopic (exact) mass is 356 g/mol. The number of ether oxygens (including phenoxy) is 3. The first kappa shape index (κ1) is 17.2. The van der Waals surface area contributed by atoms with Gasteiger partial charge in [-0.05, 0) is 18.4 Å². The Hall–Kier alpha value is -2.60. The highest BCUT2D eigenvalue weighted by atomic mass is 32.2. The maximum atomic E-state index is 5.45. The molecule has 3 aromatic rings. The molecule has 0 aliphatic carbocycles. The predicted octanol–water partition coefficient (Wildman–Crippen LogP) is 4.29. The number of thioether (sulfide) groups is 1. The Bertz CT molecular complexity index is 834. The zero-order valence-corrected chi connectivity index (χ0v) is 15.5. The third kappa shape index (κ3) is 3.30. The van der Waals surface area contributed by atoms with Gasteiger partial charge >= 0.3 is 0 Å². The minimum absolute atomic E-state index is 0.569. The van der Waals surface area contributed by atoms with Crippen LogP contribution in [0, 0.1) is 0 Å². The molecule has 0 saturated heterocycles. The van der Waals surface area contributed by atoms with E-state index in [2.05, 4.69) is 35.5 Å². The van der Waals surface area contributed by atoms with E-state index in [4.69, 9.17) is 14.2 Å². The fourth-order valence-electron chi connectivity index (χ4n) is 2.67. The summed E-state index contributed by atoms with van der Waals surface area (Å²) in [5.74, 6) is 2.63. The molecular formula is C19H20N2O3S. The molecule has 0 radical (unpaired) electrons. The largest absolute Gasteiger partial charge is 0.493 e. The molecule has 0 aliphatic rings. The number of nitrogens with zero attached hydrogens (tertiary/aromatic N) is 2. The predicted molar refractivity (Wildman–Crippen MR) is 100 cm³/mol. The molecule has 0 N–H and O–H groups in total. The molecule has 1 heterocycles. The minimum Gasteiger partial charge on any atom is -0.493 e. The number of methoxy groups -OCH3 is 3. The molecule has 0 aliphatic heterocycles. The van der Waals surface area contributed by atoms with Gasteiger partial charge in [-0.15, -0.1) is 11.8 Å². The molecule has 0 unspecified atom stereocenters. The Labute approximate surface area is 151 Å². The third-order valence-corrected chi connectivity index (χ3v) is 4.66. The average molecular weight is 356 g/mol. The van der Waals surface area contributed by atoms with Crippen LogP contribution in [0.25, 0.3) is 17.1 Å². The summed E-state index contributed by atoms with van der Waals surface area (Å²) in [6, 6.07) is 12.1. The van der Waals surface area contributed by atoms with Gasteiger partial charge in [0.25, 0.3) is 0 Å². The first-order valence-corrected chi connectivity index (χ1v) is 8.92. The average Bonchev–Trinajstić information content (AvgIpc) is 3.16. The molecule has 2 aromatic carbocycles. The molecule has 0 amide bonds. The summed E-state index contributed by atoms with van der Waals surface area (Å²) in [7, 11) is 4.81. The molecule has 0 spiro atoms. The van der Waals surface area contributed by atoms with Crippen LogP contribution in [0.2, 0.25) is 0 Å². The number of imidazole rings is 1. The Morgan fingerprint density at radius 2 is 1.56 bits per heavy atom. The van der Waals surface area contributed by atoms with Crippen molar-refractivity contribution in [2.45, 2.75) is 4.90 Å². The molecule has 6 heteroatoms. The van der Waals surface area contributed by atoms with E-state index >= 15 is 0 Å². The summed E-state index contributed by atoms with van der Waals surface area (Å²) in [6.45, 7) is 0. The maximum absolute atomic E-state index is 5.45. The number of aromatic nitrogens is 2. The van der Waals surface area contributed by atoms with Gasteiger partial charge < -0.3 is 14.2 Å². The fourth-order valence-corrected chi connectivity index (χ4v) is 3.08. The Balaban J connectivity index is 2.10. The molecule has 3 rings (SSSR count). The van der Waals surface area contributed by atoms with E-state index < -0.39 is 0 Å². The lowest BCUT2D eigenvalue weighted by molar-refractivity contribution is 0.324. The second kappa shape index (κ2) is 7.53. The van der Waals surface area contributed by atoms with Crippen molar-refractivity contribution in [3.8, 4) is 34.3 Å². The summed E-state index contributed by atoms with van der Waals surface area (Å²) in [4.78, 5) is 5.73. The van der Waals surface area contributed by atoms with Crippen LogP contribution in [0.1, 0.15) is 0 Å². The minimum atomic E-state index is 0.569. The first-order valence-electron chi connectivity index (χ1n) is 7.70. The van der Waals surface area contributed by atoms with Gasteiger partial charge in [0.2, 0.25) is 5.75 Å². The Kier molecular flexibility index (Phi) is 5.19. The van der Waals surface area contributed by atoms with Crippen LogP contribution in [-0.4, -0.2) is 37.1 Å². The Morgan fingerprint density at radius 1 is 0.920 bits per heavy atom. The van der Waals surface area contributed by atoms with E-state index in [9.17, 15) is 0 Å². The topological polar surface area (TPSA) is 45.5 Å². The summed E-state index contributed by atoms with van der Waals surface area (Å²) < 4.78 is 18.3. The van der Waals surface area contributed by atoms with Crippen molar-refractivity contribution in [3.05, 3.63) is 48.8 Å². The highest BCUT2D eigenvalue weighted by molar-refractivity contribution is 7.98. The van der Waals surface area contributed by atoms with Crippen LogP contribution in [0.15, 0.2) is 53.7 Å². The van der Waals surface area contributed by atoms with Gasteiger partial charge in [-0.2, -0.15) is 0 Å². The van der Waals surface area contributed by atoms with E-state index in [1.807, 2.05) is 22.9 Å². The zero-order valence-electron chi connectivity index (χ0n) is 14.6. The fraction of sp³-hybridized carbons (Fsp3) is 0.211. The lowest BCUT2D eigenvalue weighted by atomic mass is 10.2. The standard InChI is InChI=1S/C19H20N2O3S/c1-22-16-11-14(12-17(23-2)18(16)24-3)21-10-9-20-19(21)13-5-7-15(25-4)8-6-13/h5-12H,1-4H3. The van der Waals surface area contributed by atoms with Crippen LogP contribution in [-0.2, 0) is 0 Å². The molecule has 0 bridgehead atoms. The zero-order chi connectivity index (χ0) is 17.8. The van der Waals surface area contributed by atoms with Gasteiger partial charge in [-0.25, -0.2) is 4.98 Å². The lowest BCUT2D eigenvalue weighted by Gasteiger charge is -2.15. The van der Waals surface area contributed by atoms with Crippen LogP contribution >= 0.6 is 11.8 Å². The molecule has 0 atom stereocenters. The van der Waals surface area contributed by atoms with E-state index in [-0.39, 0.29) is 0 Å². The number of hydrogen-bond donors (Lipinski definition) is 0. The van der Waals surface area contributed by atoms with Crippen LogP contribution in [0.5, 0.6) is 17.2 Å². The van der Waals surface area contributed by atoms with Crippen molar-refractivity contribution in [2.75, 3.05) is 27.6 Å². The second-order valence-corrected chi connectivity index (χ2v) is 6.11. The van der Waals surface area contributed by atoms with Crippen molar-refractivity contribution >= 4 is 11.8 Å².